The van der Waals surface area contributed by atoms with Gasteiger partial charge in [0, 0.05) is 12.6 Å². The monoisotopic (exact) mass is 300 g/mol. The van der Waals surface area contributed by atoms with Crippen molar-refractivity contribution >= 4 is 5.91 Å². The Kier molecular flexibility index (Phi) is 4.27. The number of carbonyl (C=O) groups excluding carboxylic acids is 1. The lowest BCUT2D eigenvalue weighted by Gasteiger charge is -2.23. The molecule has 1 aliphatic heterocycles. The Bertz CT molecular complexity index is 528. The highest BCUT2D eigenvalue weighted by atomic mass is 19.4. The number of nitrogens with zero attached hydrogens (tertiary/aromatic N) is 1. The fourth-order valence-electron chi connectivity index (χ4n) is 2.68. The lowest BCUT2D eigenvalue weighted by Crippen LogP contribution is -2.30. The molecule has 2 unspecified atom stereocenters. The Morgan fingerprint density at radius 2 is 1.90 bits per heavy atom. The van der Waals surface area contributed by atoms with Crippen LogP contribution in [0.1, 0.15) is 37.6 Å². The summed E-state index contributed by atoms with van der Waals surface area (Å²) in [5, 5.41) is 3.03. The third-order valence-corrected chi connectivity index (χ3v) is 3.66. The van der Waals surface area contributed by atoms with E-state index in [4.69, 9.17) is 0 Å². The lowest BCUT2D eigenvalue weighted by atomic mass is 10.0. The summed E-state index contributed by atoms with van der Waals surface area (Å²) >= 11 is 0. The minimum absolute atomic E-state index is 0.0899. The van der Waals surface area contributed by atoms with Crippen molar-refractivity contribution in [1.82, 2.24) is 10.2 Å². The molecule has 0 aliphatic carbocycles. The van der Waals surface area contributed by atoms with Crippen LogP contribution in [-0.2, 0) is 11.0 Å². The van der Waals surface area contributed by atoms with E-state index >= 15 is 0 Å². The molecular weight excluding hydrogens is 281 g/mol. The van der Waals surface area contributed by atoms with E-state index in [1.165, 1.54) is 24.1 Å². The highest BCUT2D eigenvalue weighted by molar-refractivity contribution is 5.84. The minimum Gasteiger partial charge on any atom is -0.325 e. The quantitative estimate of drug-likeness (QED) is 0.930. The molecule has 1 N–H and O–H groups in total. The zero-order valence-electron chi connectivity index (χ0n) is 12.2. The minimum atomic E-state index is -4.43. The van der Waals surface area contributed by atoms with E-state index < -0.39 is 23.9 Å². The zero-order chi connectivity index (χ0) is 15.8. The van der Waals surface area contributed by atoms with Crippen molar-refractivity contribution in [2.45, 2.75) is 38.7 Å². The summed E-state index contributed by atoms with van der Waals surface area (Å²) in [6.45, 7) is 3.96. The van der Waals surface area contributed by atoms with Gasteiger partial charge >= 0.3 is 6.18 Å². The second-order valence-electron chi connectivity index (χ2n) is 5.79. The Labute approximate surface area is 122 Å². The first kappa shape index (κ1) is 15.8. The van der Waals surface area contributed by atoms with Crippen molar-refractivity contribution in [3.63, 3.8) is 0 Å². The van der Waals surface area contributed by atoms with Crippen molar-refractivity contribution in [1.29, 1.82) is 0 Å². The maximum atomic E-state index is 13.1. The number of carbonyl (C=O) groups is 1. The number of amides is 1. The summed E-state index contributed by atoms with van der Waals surface area (Å²) in [4.78, 5) is 13.5. The van der Waals surface area contributed by atoms with Gasteiger partial charge in [-0.05, 0) is 18.4 Å². The third kappa shape index (κ3) is 3.20. The molecule has 1 aromatic carbocycles. The predicted molar refractivity (Wildman–Crippen MR) is 73.3 cm³/mol. The Balaban J connectivity index is 2.33. The van der Waals surface area contributed by atoms with E-state index in [0.717, 1.165) is 6.07 Å². The third-order valence-electron chi connectivity index (χ3n) is 3.66. The van der Waals surface area contributed by atoms with Crippen LogP contribution in [-0.4, -0.2) is 23.9 Å². The maximum Gasteiger partial charge on any atom is 0.416 e. The second-order valence-corrected chi connectivity index (χ2v) is 5.79. The van der Waals surface area contributed by atoms with Gasteiger partial charge in [-0.15, -0.1) is 0 Å². The van der Waals surface area contributed by atoms with Gasteiger partial charge < -0.3 is 4.90 Å². The summed E-state index contributed by atoms with van der Waals surface area (Å²) in [5.41, 5.74) is -0.612. The highest BCUT2D eigenvalue weighted by Gasteiger charge is 2.42. The first-order valence-corrected chi connectivity index (χ1v) is 6.90. The number of nitrogens with one attached hydrogen (secondary N) is 1. The smallest absolute Gasteiger partial charge is 0.325 e. The standard InChI is InChI=1S/C15H19F3N2O/c1-9(2)8-12-14(21)20(3)13(19-12)10-6-4-5-7-11(10)15(16,17)18/h4-7,9,12-13,19H,8H2,1-3H3. The van der Waals surface area contributed by atoms with E-state index in [-0.39, 0.29) is 17.4 Å². The number of hydrogen-bond acceptors (Lipinski definition) is 2. The molecule has 0 spiro atoms. The van der Waals surface area contributed by atoms with Gasteiger partial charge in [-0.25, -0.2) is 0 Å². The summed E-state index contributed by atoms with van der Waals surface area (Å²) < 4.78 is 39.3. The molecular formula is C15H19F3N2O. The number of alkyl halides is 3. The molecule has 21 heavy (non-hydrogen) atoms. The van der Waals surface area contributed by atoms with Crippen LogP contribution in [0, 0.1) is 5.92 Å². The van der Waals surface area contributed by atoms with Crippen LogP contribution in [0.2, 0.25) is 0 Å². The summed E-state index contributed by atoms with van der Waals surface area (Å²) in [7, 11) is 1.54. The molecule has 2 atom stereocenters. The Morgan fingerprint density at radius 1 is 1.29 bits per heavy atom. The predicted octanol–water partition coefficient (Wildman–Crippen LogP) is 3.18. The maximum absolute atomic E-state index is 13.1. The number of halogens is 3. The normalized spacial score (nSPS) is 23.2. The SMILES string of the molecule is CC(C)CC1NC(c2ccccc2C(F)(F)F)N(C)C1=O. The largest absolute Gasteiger partial charge is 0.416 e. The number of rotatable bonds is 3. The van der Waals surface area contributed by atoms with Gasteiger partial charge in [0.05, 0.1) is 11.6 Å². The van der Waals surface area contributed by atoms with E-state index in [1.54, 1.807) is 6.07 Å². The van der Waals surface area contributed by atoms with Crippen LogP contribution in [0.3, 0.4) is 0 Å². The van der Waals surface area contributed by atoms with Gasteiger partial charge in [0.2, 0.25) is 5.91 Å². The molecule has 3 nitrogen and oxygen atoms in total. The molecule has 0 saturated carbocycles. The molecule has 116 valence electrons. The average Bonchev–Trinajstić information content (AvgIpc) is 2.65. The van der Waals surface area contributed by atoms with Gasteiger partial charge in [0.15, 0.2) is 0 Å². The van der Waals surface area contributed by atoms with E-state index in [0.29, 0.717) is 6.42 Å². The lowest BCUT2D eigenvalue weighted by molar-refractivity contribution is -0.139. The molecule has 1 aromatic rings. The molecule has 1 amide bonds. The van der Waals surface area contributed by atoms with Crippen molar-refractivity contribution in [2.75, 3.05) is 7.05 Å². The van der Waals surface area contributed by atoms with Gasteiger partial charge in [0.25, 0.3) is 0 Å². The summed E-state index contributed by atoms with van der Waals surface area (Å²) in [5.74, 6) is 0.127. The van der Waals surface area contributed by atoms with Crippen LogP contribution in [0.4, 0.5) is 13.2 Å². The first-order valence-electron chi connectivity index (χ1n) is 6.90. The van der Waals surface area contributed by atoms with Gasteiger partial charge in [-0.1, -0.05) is 32.0 Å². The number of benzene rings is 1. The molecule has 0 aromatic heterocycles. The van der Waals surface area contributed by atoms with E-state index in [2.05, 4.69) is 5.32 Å². The summed E-state index contributed by atoms with van der Waals surface area (Å²) in [6, 6.07) is 4.95. The second kappa shape index (κ2) is 5.67. The van der Waals surface area contributed by atoms with Gasteiger partial charge in [0.1, 0.15) is 6.17 Å². The fraction of sp³-hybridized carbons (Fsp3) is 0.533. The van der Waals surface area contributed by atoms with Crippen LogP contribution < -0.4 is 5.32 Å². The molecule has 1 heterocycles. The molecule has 0 bridgehead atoms. The van der Waals surface area contributed by atoms with Crippen LogP contribution in [0.25, 0.3) is 0 Å². The number of hydrogen-bond donors (Lipinski definition) is 1. The van der Waals surface area contributed by atoms with E-state index in [1.807, 2.05) is 13.8 Å². The summed E-state index contributed by atoms with van der Waals surface area (Å²) in [6.07, 6.45) is -4.56. The molecule has 0 radical (unpaired) electrons. The van der Waals surface area contributed by atoms with Crippen molar-refractivity contribution < 1.29 is 18.0 Å². The molecule has 1 fully saturated rings. The van der Waals surface area contributed by atoms with E-state index in [9.17, 15) is 18.0 Å². The first-order chi connectivity index (χ1) is 9.71. The molecule has 6 heteroatoms. The average molecular weight is 300 g/mol. The van der Waals surface area contributed by atoms with Gasteiger partial charge in [-0.3, -0.25) is 10.1 Å². The van der Waals surface area contributed by atoms with Gasteiger partial charge in [-0.2, -0.15) is 13.2 Å². The van der Waals surface area contributed by atoms with Crippen LogP contribution >= 0.6 is 0 Å². The molecule has 1 saturated heterocycles. The number of likely N-dealkylation sites (N-methyl/N-ethyl adjacent to an activating group) is 1. The van der Waals surface area contributed by atoms with Crippen LogP contribution in [0.5, 0.6) is 0 Å². The van der Waals surface area contributed by atoms with Crippen molar-refractivity contribution in [3.8, 4) is 0 Å². The molecule has 1 aliphatic rings. The fourth-order valence-corrected chi connectivity index (χ4v) is 2.68. The molecule has 2 rings (SSSR count). The van der Waals surface area contributed by atoms with Crippen LogP contribution in [0.15, 0.2) is 24.3 Å². The van der Waals surface area contributed by atoms with Crippen molar-refractivity contribution in [3.05, 3.63) is 35.4 Å². The Hall–Kier alpha value is -1.56. The Morgan fingerprint density at radius 3 is 2.48 bits per heavy atom. The zero-order valence-corrected chi connectivity index (χ0v) is 12.2. The highest BCUT2D eigenvalue weighted by Crippen LogP contribution is 2.37. The topological polar surface area (TPSA) is 32.3 Å². The van der Waals surface area contributed by atoms with Crippen molar-refractivity contribution in [2.24, 2.45) is 5.92 Å².